The second-order valence-electron chi connectivity index (χ2n) is 4.06. The van der Waals surface area contributed by atoms with Gasteiger partial charge in [0.2, 0.25) is 0 Å². The van der Waals surface area contributed by atoms with E-state index in [0.29, 0.717) is 0 Å². The number of aromatic nitrogens is 1. The lowest BCUT2D eigenvalue weighted by Gasteiger charge is -2.13. The zero-order valence-electron chi connectivity index (χ0n) is 8.96. The van der Waals surface area contributed by atoms with Gasteiger partial charge in [0.1, 0.15) is 11.8 Å². The summed E-state index contributed by atoms with van der Waals surface area (Å²) in [5.41, 5.74) is 0.150. The fourth-order valence-electron chi connectivity index (χ4n) is 1.59. The molecule has 6 heteroatoms. The summed E-state index contributed by atoms with van der Waals surface area (Å²) in [5, 5.41) is 20.6. The van der Waals surface area contributed by atoms with Gasteiger partial charge in [-0.25, -0.2) is 4.79 Å². The molecule has 1 atom stereocenters. The molecule has 0 aliphatic heterocycles. The molecule has 1 aliphatic carbocycles. The van der Waals surface area contributed by atoms with Crippen molar-refractivity contribution in [2.75, 3.05) is 0 Å². The van der Waals surface area contributed by atoms with Crippen molar-refractivity contribution < 1.29 is 19.8 Å². The molecule has 1 aliphatic rings. The standard InChI is InChI=1S/C11H12N2O4/c14-8-3-7(4-12-5-8)10(15)13-9(11(16)17)6-1-2-6/h3-6,9,14H,1-2H2,(H,13,15)(H,16,17). The molecule has 2 rings (SSSR count). The van der Waals surface area contributed by atoms with Gasteiger partial charge in [0, 0.05) is 6.20 Å². The van der Waals surface area contributed by atoms with E-state index in [9.17, 15) is 9.59 Å². The quantitative estimate of drug-likeness (QED) is 0.701. The van der Waals surface area contributed by atoms with Gasteiger partial charge in [-0.1, -0.05) is 0 Å². The van der Waals surface area contributed by atoms with Crippen LogP contribution in [0.2, 0.25) is 0 Å². The molecule has 3 N–H and O–H groups in total. The number of nitrogens with one attached hydrogen (secondary N) is 1. The number of hydrogen-bond acceptors (Lipinski definition) is 4. The summed E-state index contributed by atoms with van der Waals surface area (Å²) in [4.78, 5) is 26.3. The van der Waals surface area contributed by atoms with Crippen LogP contribution < -0.4 is 5.32 Å². The third kappa shape index (κ3) is 2.72. The lowest BCUT2D eigenvalue weighted by molar-refractivity contribution is -0.139. The van der Waals surface area contributed by atoms with Crippen molar-refractivity contribution in [3.8, 4) is 5.75 Å². The van der Waals surface area contributed by atoms with Crippen molar-refractivity contribution in [1.82, 2.24) is 10.3 Å². The van der Waals surface area contributed by atoms with Gasteiger partial charge >= 0.3 is 5.97 Å². The highest BCUT2D eigenvalue weighted by molar-refractivity contribution is 5.96. The van der Waals surface area contributed by atoms with Crippen LogP contribution >= 0.6 is 0 Å². The normalized spacial score (nSPS) is 16.2. The fraction of sp³-hybridized carbons (Fsp3) is 0.364. The van der Waals surface area contributed by atoms with Gasteiger partial charge in [0.15, 0.2) is 0 Å². The number of carbonyl (C=O) groups excluding carboxylic acids is 1. The molecule has 1 aromatic rings. The van der Waals surface area contributed by atoms with E-state index in [1.807, 2.05) is 0 Å². The van der Waals surface area contributed by atoms with Crippen molar-refractivity contribution in [1.29, 1.82) is 0 Å². The van der Waals surface area contributed by atoms with E-state index >= 15 is 0 Å². The number of aromatic hydroxyl groups is 1. The van der Waals surface area contributed by atoms with Crippen molar-refractivity contribution in [2.24, 2.45) is 5.92 Å². The first-order valence-corrected chi connectivity index (χ1v) is 5.25. The lowest BCUT2D eigenvalue weighted by atomic mass is 10.1. The zero-order chi connectivity index (χ0) is 12.4. The fourth-order valence-corrected chi connectivity index (χ4v) is 1.59. The van der Waals surface area contributed by atoms with E-state index in [4.69, 9.17) is 10.2 Å². The molecule has 0 aromatic carbocycles. The Morgan fingerprint density at radius 3 is 2.65 bits per heavy atom. The minimum Gasteiger partial charge on any atom is -0.506 e. The third-order valence-corrected chi connectivity index (χ3v) is 2.63. The second kappa shape index (κ2) is 4.40. The Kier molecular flexibility index (Phi) is 2.95. The molecule has 1 fully saturated rings. The number of carboxylic acid groups (broad SMARTS) is 1. The molecule has 6 nitrogen and oxygen atoms in total. The Morgan fingerprint density at radius 2 is 2.12 bits per heavy atom. The Labute approximate surface area is 97.3 Å². The average molecular weight is 236 g/mol. The molecule has 1 unspecified atom stereocenters. The maximum Gasteiger partial charge on any atom is 0.326 e. The third-order valence-electron chi connectivity index (χ3n) is 2.63. The van der Waals surface area contributed by atoms with Gasteiger partial charge in [0.05, 0.1) is 11.8 Å². The van der Waals surface area contributed by atoms with Crippen LogP contribution in [0.25, 0.3) is 0 Å². The molecule has 1 aromatic heterocycles. The molecule has 1 saturated carbocycles. The molecular weight excluding hydrogens is 224 g/mol. The van der Waals surface area contributed by atoms with Crippen LogP contribution in [-0.2, 0) is 4.79 Å². The first-order chi connectivity index (χ1) is 8.08. The van der Waals surface area contributed by atoms with Crippen LogP contribution in [-0.4, -0.2) is 33.1 Å². The van der Waals surface area contributed by atoms with Gasteiger partial charge in [0.25, 0.3) is 5.91 Å². The SMILES string of the molecule is O=C(NC(C(=O)O)C1CC1)c1cncc(O)c1. The van der Waals surface area contributed by atoms with Gasteiger partial charge in [-0.2, -0.15) is 0 Å². The summed E-state index contributed by atoms with van der Waals surface area (Å²) >= 11 is 0. The Morgan fingerprint density at radius 1 is 1.41 bits per heavy atom. The van der Waals surface area contributed by atoms with Crippen LogP contribution in [0.4, 0.5) is 0 Å². The zero-order valence-corrected chi connectivity index (χ0v) is 8.96. The first kappa shape index (κ1) is 11.4. The number of rotatable bonds is 4. The van der Waals surface area contributed by atoms with Crippen LogP contribution in [0.5, 0.6) is 5.75 Å². The highest BCUT2D eigenvalue weighted by atomic mass is 16.4. The van der Waals surface area contributed by atoms with Crippen molar-refractivity contribution in [2.45, 2.75) is 18.9 Å². The molecule has 0 bridgehead atoms. The summed E-state index contributed by atoms with van der Waals surface area (Å²) in [5.74, 6) is -1.68. The number of carboxylic acids is 1. The van der Waals surface area contributed by atoms with Crippen LogP contribution in [0, 0.1) is 5.92 Å². The minimum atomic E-state index is -1.03. The van der Waals surface area contributed by atoms with Crippen molar-refractivity contribution in [3.63, 3.8) is 0 Å². The van der Waals surface area contributed by atoms with E-state index in [1.165, 1.54) is 18.5 Å². The largest absolute Gasteiger partial charge is 0.506 e. The number of pyridine rings is 1. The predicted octanol–water partition coefficient (Wildman–Crippen LogP) is 0.380. The van der Waals surface area contributed by atoms with Gasteiger partial charge in [-0.15, -0.1) is 0 Å². The maximum atomic E-state index is 11.7. The highest BCUT2D eigenvalue weighted by Crippen LogP contribution is 2.32. The molecular formula is C11H12N2O4. The predicted molar refractivity (Wildman–Crippen MR) is 57.5 cm³/mol. The maximum absolute atomic E-state index is 11.7. The van der Waals surface area contributed by atoms with E-state index in [0.717, 1.165) is 12.8 Å². The average Bonchev–Trinajstić information content (AvgIpc) is 3.09. The molecule has 17 heavy (non-hydrogen) atoms. The van der Waals surface area contributed by atoms with Crippen molar-refractivity contribution in [3.05, 3.63) is 24.0 Å². The molecule has 90 valence electrons. The van der Waals surface area contributed by atoms with Crippen LogP contribution in [0.1, 0.15) is 23.2 Å². The molecule has 0 radical (unpaired) electrons. The van der Waals surface area contributed by atoms with Crippen LogP contribution in [0.3, 0.4) is 0 Å². The van der Waals surface area contributed by atoms with Crippen molar-refractivity contribution >= 4 is 11.9 Å². The van der Waals surface area contributed by atoms with Crippen LogP contribution in [0.15, 0.2) is 18.5 Å². The second-order valence-corrected chi connectivity index (χ2v) is 4.06. The van der Waals surface area contributed by atoms with Gasteiger partial charge < -0.3 is 15.5 Å². The summed E-state index contributed by atoms with van der Waals surface area (Å²) in [6.45, 7) is 0. The summed E-state index contributed by atoms with van der Waals surface area (Å²) in [7, 11) is 0. The number of hydrogen-bond donors (Lipinski definition) is 3. The minimum absolute atomic E-state index is 0.0155. The number of aliphatic carboxylic acids is 1. The number of nitrogens with zero attached hydrogens (tertiary/aromatic N) is 1. The Balaban J connectivity index is 2.07. The molecule has 1 amide bonds. The Hall–Kier alpha value is -2.11. The number of amides is 1. The molecule has 1 heterocycles. The monoisotopic (exact) mass is 236 g/mol. The smallest absolute Gasteiger partial charge is 0.326 e. The first-order valence-electron chi connectivity index (χ1n) is 5.25. The van der Waals surface area contributed by atoms with Gasteiger partial charge in [-0.05, 0) is 24.8 Å². The lowest BCUT2D eigenvalue weighted by Crippen LogP contribution is -2.42. The van der Waals surface area contributed by atoms with E-state index in [1.54, 1.807) is 0 Å². The van der Waals surface area contributed by atoms with Gasteiger partial charge in [-0.3, -0.25) is 9.78 Å². The highest BCUT2D eigenvalue weighted by Gasteiger charge is 2.37. The van der Waals surface area contributed by atoms with E-state index in [2.05, 4.69) is 10.3 Å². The topological polar surface area (TPSA) is 99.5 Å². The Bertz CT molecular complexity index is 457. The summed E-state index contributed by atoms with van der Waals surface area (Å²) in [6, 6.07) is 0.388. The summed E-state index contributed by atoms with van der Waals surface area (Å²) in [6.07, 6.45) is 4.11. The molecule has 0 spiro atoms. The summed E-state index contributed by atoms with van der Waals surface area (Å²) < 4.78 is 0. The van der Waals surface area contributed by atoms with E-state index in [-0.39, 0.29) is 17.2 Å². The molecule has 0 saturated heterocycles. The number of carbonyl (C=O) groups is 2. The van der Waals surface area contributed by atoms with E-state index < -0.39 is 17.9 Å².